The molecule has 6 rings (SSSR count). The number of hydrogen-bond acceptors (Lipinski definition) is 8. The first-order valence-corrected chi connectivity index (χ1v) is 17.4. The van der Waals surface area contributed by atoms with Gasteiger partial charge in [-0.1, -0.05) is 113 Å². The van der Waals surface area contributed by atoms with E-state index in [1.54, 1.807) is 36.4 Å². The fourth-order valence-electron chi connectivity index (χ4n) is 4.67. The molecule has 0 spiro atoms. The van der Waals surface area contributed by atoms with Crippen LogP contribution < -0.4 is 30.7 Å². The standard InChI is InChI=1S/2C21H23N3O3/c2*1-21(2,3)18-13-19(27-24-18)23-20(25)22-16-9-11-17(12-10-16)26-14-15-7-5-4-6-8-15/h2*4-13H,14H2,1-3H3,(H2,22,23,25). The van der Waals surface area contributed by atoms with E-state index in [1.807, 2.05) is 126 Å². The third kappa shape index (κ3) is 12.3. The highest BCUT2D eigenvalue weighted by Gasteiger charge is 2.21. The van der Waals surface area contributed by atoms with Crippen LogP contribution in [0.15, 0.2) is 130 Å². The molecule has 12 heteroatoms. The number of benzene rings is 4. The van der Waals surface area contributed by atoms with E-state index in [4.69, 9.17) is 18.5 Å². The van der Waals surface area contributed by atoms with Gasteiger partial charge in [0.15, 0.2) is 0 Å². The minimum Gasteiger partial charge on any atom is -0.489 e. The van der Waals surface area contributed by atoms with Crippen LogP contribution in [0.25, 0.3) is 0 Å². The first-order chi connectivity index (χ1) is 25.8. The number of aromatic nitrogens is 2. The average molecular weight is 731 g/mol. The van der Waals surface area contributed by atoms with Gasteiger partial charge in [0.1, 0.15) is 24.7 Å². The molecule has 2 aromatic heterocycles. The zero-order chi connectivity index (χ0) is 38.6. The number of urea groups is 2. The Balaban J connectivity index is 0.000000208. The van der Waals surface area contributed by atoms with Gasteiger partial charge in [-0.05, 0) is 59.7 Å². The predicted molar refractivity (Wildman–Crippen MR) is 210 cm³/mol. The summed E-state index contributed by atoms with van der Waals surface area (Å²) in [5.74, 6) is 2.07. The van der Waals surface area contributed by atoms with Crippen LogP contribution in [0.2, 0.25) is 0 Å². The number of nitrogens with zero attached hydrogens (tertiary/aromatic N) is 2. The zero-order valence-electron chi connectivity index (χ0n) is 31.3. The van der Waals surface area contributed by atoms with E-state index < -0.39 is 12.1 Å². The van der Waals surface area contributed by atoms with E-state index in [0.29, 0.717) is 36.4 Å². The lowest BCUT2D eigenvalue weighted by atomic mass is 9.92. The van der Waals surface area contributed by atoms with Gasteiger partial charge in [0, 0.05) is 34.3 Å². The molecule has 0 fully saturated rings. The summed E-state index contributed by atoms with van der Waals surface area (Å²) in [6.45, 7) is 13.1. The van der Waals surface area contributed by atoms with Crippen molar-refractivity contribution in [3.05, 3.63) is 144 Å². The third-order valence-corrected chi connectivity index (χ3v) is 7.75. The highest BCUT2D eigenvalue weighted by atomic mass is 16.5. The molecule has 4 N–H and O–H groups in total. The van der Waals surface area contributed by atoms with Gasteiger partial charge in [-0.2, -0.15) is 0 Å². The summed E-state index contributed by atoms with van der Waals surface area (Å²) < 4.78 is 21.8. The summed E-state index contributed by atoms with van der Waals surface area (Å²) >= 11 is 0. The number of ether oxygens (including phenoxy) is 2. The molecule has 4 aromatic carbocycles. The fraction of sp³-hybridized carbons (Fsp3) is 0.238. The summed E-state index contributed by atoms with van der Waals surface area (Å²) in [6, 6.07) is 36.9. The molecule has 0 aliphatic carbocycles. The summed E-state index contributed by atoms with van der Waals surface area (Å²) in [5.41, 5.74) is 4.76. The van der Waals surface area contributed by atoms with Gasteiger partial charge in [0.25, 0.3) is 0 Å². The van der Waals surface area contributed by atoms with Gasteiger partial charge in [0.2, 0.25) is 11.8 Å². The lowest BCUT2D eigenvalue weighted by molar-refractivity contribution is 0.260. The average Bonchev–Trinajstić information content (AvgIpc) is 3.83. The van der Waals surface area contributed by atoms with E-state index in [0.717, 1.165) is 34.0 Å². The minimum absolute atomic E-state index is 0.143. The second kappa shape index (κ2) is 17.8. The third-order valence-electron chi connectivity index (χ3n) is 7.75. The summed E-state index contributed by atoms with van der Waals surface area (Å²) in [7, 11) is 0. The van der Waals surface area contributed by atoms with E-state index in [-0.39, 0.29) is 10.8 Å². The fourth-order valence-corrected chi connectivity index (χ4v) is 4.67. The van der Waals surface area contributed by atoms with Crippen LogP contribution in [-0.2, 0) is 24.0 Å². The summed E-state index contributed by atoms with van der Waals surface area (Å²) in [6.07, 6.45) is 0. The van der Waals surface area contributed by atoms with Gasteiger partial charge >= 0.3 is 12.1 Å². The van der Waals surface area contributed by atoms with Gasteiger partial charge in [-0.15, -0.1) is 0 Å². The Morgan fingerprint density at radius 1 is 0.519 bits per heavy atom. The Morgan fingerprint density at radius 2 is 0.870 bits per heavy atom. The van der Waals surface area contributed by atoms with Crippen molar-refractivity contribution in [2.45, 2.75) is 65.6 Å². The highest BCUT2D eigenvalue weighted by molar-refractivity contribution is 5.99. The molecule has 2 heterocycles. The molecule has 54 heavy (non-hydrogen) atoms. The Morgan fingerprint density at radius 3 is 1.19 bits per heavy atom. The topological polar surface area (TPSA) is 153 Å². The summed E-state index contributed by atoms with van der Waals surface area (Å²) in [4.78, 5) is 24.2. The van der Waals surface area contributed by atoms with E-state index >= 15 is 0 Å². The predicted octanol–water partition coefficient (Wildman–Crippen LogP) is 10.4. The Kier molecular flexibility index (Phi) is 12.7. The lowest BCUT2D eigenvalue weighted by Gasteiger charge is -2.12. The molecule has 0 saturated heterocycles. The Bertz CT molecular complexity index is 1910. The van der Waals surface area contributed by atoms with Crippen molar-refractivity contribution < 1.29 is 28.1 Å². The molecular formula is C42H46N6O6. The van der Waals surface area contributed by atoms with Crippen molar-refractivity contribution in [1.29, 1.82) is 0 Å². The van der Waals surface area contributed by atoms with Crippen LogP contribution in [0.1, 0.15) is 64.1 Å². The SMILES string of the molecule is CC(C)(C)c1cc(NC(=O)Nc2ccc(OCc3ccccc3)cc2)on1.CC(C)(C)c1cc(NC(=O)Nc2ccc(OCc3ccccc3)cc2)on1. The highest BCUT2D eigenvalue weighted by Crippen LogP contribution is 2.25. The van der Waals surface area contributed by atoms with Gasteiger partial charge in [0.05, 0.1) is 11.4 Å². The molecule has 12 nitrogen and oxygen atoms in total. The molecule has 0 aliphatic rings. The monoisotopic (exact) mass is 730 g/mol. The molecule has 0 atom stereocenters. The van der Waals surface area contributed by atoms with E-state index in [1.165, 1.54) is 0 Å². The second-order valence-corrected chi connectivity index (χ2v) is 14.4. The quantitative estimate of drug-likeness (QED) is 0.109. The van der Waals surface area contributed by atoms with Crippen molar-refractivity contribution in [2.24, 2.45) is 0 Å². The summed E-state index contributed by atoms with van der Waals surface area (Å²) in [5, 5.41) is 18.7. The first-order valence-electron chi connectivity index (χ1n) is 17.4. The number of rotatable bonds is 10. The molecule has 6 aromatic rings. The second-order valence-electron chi connectivity index (χ2n) is 14.4. The largest absolute Gasteiger partial charge is 0.489 e. The number of nitrogens with one attached hydrogen (secondary N) is 4. The molecule has 0 saturated carbocycles. The van der Waals surface area contributed by atoms with Crippen molar-refractivity contribution in [3.8, 4) is 11.5 Å². The van der Waals surface area contributed by atoms with Crippen LogP contribution in [0.5, 0.6) is 11.5 Å². The van der Waals surface area contributed by atoms with Crippen molar-refractivity contribution in [1.82, 2.24) is 10.3 Å². The van der Waals surface area contributed by atoms with Gasteiger partial charge < -0.3 is 29.2 Å². The Labute approximate surface area is 315 Å². The maximum absolute atomic E-state index is 12.1. The lowest BCUT2D eigenvalue weighted by Crippen LogP contribution is -2.19. The van der Waals surface area contributed by atoms with Crippen LogP contribution in [0, 0.1) is 0 Å². The maximum Gasteiger partial charge on any atom is 0.326 e. The van der Waals surface area contributed by atoms with E-state index in [9.17, 15) is 9.59 Å². The van der Waals surface area contributed by atoms with Crippen LogP contribution in [0.3, 0.4) is 0 Å². The maximum atomic E-state index is 12.1. The minimum atomic E-state index is -0.399. The number of anilines is 4. The molecular weight excluding hydrogens is 684 g/mol. The van der Waals surface area contributed by atoms with Crippen LogP contribution in [-0.4, -0.2) is 22.4 Å². The number of hydrogen-bond donors (Lipinski definition) is 4. The molecule has 0 bridgehead atoms. The van der Waals surface area contributed by atoms with Crippen molar-refractivity contribution in [3.63, 3.8) is 0 Å². The zero-order valence-corrected chi connectivity index (χ0v) is 31.3. The molecule has 0 aliphatic heterocycles. The smallest absolute Gasteiger partial charge is 0.326 e. The molecule has 280 valence electrons. The number of carbonyl (C=O) groups is 2. The molecule has 0 unspecified atom stereocenters. The van der Waals surface area contributed by atoms with Crippen molar-refractivity contribution in [2.75, 3.05) is 21.3 Å². The molecule has 0 radical (unpaired) electrons. The first kappa shape index (κ1) is 38.7. The van der Waals surface area contributed by atoms with Crippen LogP contribution >= 0.6 is 0 Å². The van der Waals surface area contributed by atoms with E-state index in [2.05, 4.69) is 31.6 Å². The normalized spacial score (nSPS) is 11.1. The number of carbonyl (C=O) groups excluding carboxylic acids is 2. The molecule has 4 amide bonds. The van der Waals surface area contributed by atoms with Crippen LogP contribution in [0.4, 0.5) is 32.7 Å². The van der Waals surface area contributed by atoms with Crippen molar-refractivity contribution >= 4 is 35.2 Å². The Hall–Kier alpha value is -6.56. The number of amides is 4. The van der Waals surface area contributed by atoms with Gasteiger partial charge in [-0.25, -0.2) is 9.59 Å². The van der Waals surface area contributed by atoms with Gasteiger partial charge in [-0.3, -0.25) is 10.6 Å².